The Morgan fingerprint density at radius 1 is 1.39 bits per heavy atom. The fourth-order valence-electron chi connectivity index (χ4n) is 2.69. The van der Waals surface area contributed by atoms with Gasteiger partial charge < -0.3 is 10.2 Å². The van der Waals surface area contributed by atoms with Crippen molar-refractivity contribution in [2.24, 2.45) is 11.8 Å². The van der Waals surface area contributed by atoms with E-state index in [4.69, 9.17) is 0 Å². The summed E-state index contributed by atoms with van der Waals surface area (Å²) in [6.45, 7) is 7.36. The zero-order valence-electron chi connectivity index (χ0n) is 11.5. The van der Waals surface area contributed by atoms with Crippen LogP contribution in [0.4, 0.5) is 10.1 Å². The van der Waals surface area contributed by atoms with Crippen LogP contribution in [0.15, 0.2) is 18.2 Å². The van der Waals surface area contributed by atoms with Crippen LogP contribution in [-0.4, -0.2) is 20.1 Å². The molecule has 2 nitrogen and oxygen atoms in total. The van der Waals surface area contributed by atoms with E-state index >= 15 is 0 Å². The van der Waals surface area contributed by atoms with Gasteiger partial charge in [0.2, 0.25) is 0 Å². The third-order valence-corrected chi connectivity index (χ3v) is 3.86. The van der Waals surface area contributed by atoms with Gasteiger partial charge in [0.05, 0.1) is 0 Å². The van der Waals surface area contributed by atoms with E-state index in [0.29, 0.717) is 12.5 Å². The maximum Gasteiger partial charge on any atom is 0.125 e. The monoisotopic (exact) mass is 250 g/mol. The number of rotatable bonds is 4. The van der Waals surface area contributed by atoms with Crippen molar-refractivity contribution in [2.75, 3.05) is 25.0 Å². The molecule has 1 unspecified atom stereocenters. The topological polar surface area (TPSA) is 15.3 Å². The molecular formula is C15H23FN2. The largest absolute Gasteiger partial charge is 0.371 e. The molecule has 2 rings (SSSR count). The first-order valence-electron chi connectivity index (χ1n) is 6.79. The summed E-state index contributed by atoms with van der Waals surface area (Å²) >= 11 is 0. The van der Waals surface area contributed by atoms with Crippen molar-refractivity contribution in [1.82, 2.24) is 5.32 Å². The van der Waals surface area contributed by atoms with Crippen LogP contribution in [0, 0.1) is 17.7 Å². The summed E-state index contributed by atoms with van der Waals surface area (Å²) in [6, 6.07) is 5.36. The van der Waals surface area contributed by atoms with Gasteiger partial charge in [-0.1, -0.05) is 13.8 Å². The van der Waals surface area contributed by atoms with E-state index in [-0.39, 0.29) is 5.82 Å². The Kier molecular flexibility index (Phi) is 4.23. The van der Waals surface area contributed by atoms with Gasteiger partial charge in [-0.2, -0.15) is 0 Å². The van der Waals surface area contributed by atoms with Gasteiger partial charge in [0.15, 0.2) is 0 Å². The molecule has 0 radical (unpaired) electrons. The quantitative estimate of drug-likeness (QED) is 0.883. The summed E-state index contributed by atoms with van der Waals surface area (Å²) in [4.78, 5) is 2.31. The molecule has 18 heavy (non-hydrogen) atoms. The van der Waals surface area contributed by atoms with Crippen molar-refractivity contribution in [3.05, 3.63) is 29.6 Å². The first kappa shape index (κ1) is 13.3. The van der Waals surface area contributed by atoms with Gasteiger partial charge in [0.25, 0.3) is 0 Å². The maximum absolute atomic E-state index is 13.6. The summed E-state index contributed by atoms with van der Waals surface area (Å²) < 4.78 is 13.6. The average Bonchev–Trinajstić information content (AvgIpc) is 2.78. The van der Waals surface area contributed by atoms with Crippen molar-refractivity contribution in [3.8, 4) is 0 Å². The van der Waals surface area contributed by atoms with Crippen LogP contribution >= 0.6 is 0 Å². The van der Waals surface area contributed by atoms with Crippen LogP contribution in [-0.2, 0) is 6.54 Å². The maximum atomic E-state index is 13.6. The van der Waals surface area contributed by atoms with E-state index in [2.05, 4.69) is 30.1 Å². The Labute approximate surface area is 109 Å². The van der Waals surface area contributed by atoms with Gasteiger partial charge in [0, 0.05) is 25.3 Å². The van der Waals surface area contributed by atoms with Crippen LogP contribution in [0.2, 0.25) is 0 Å². The van der Waals surface area contributed by atoms with E-state index in [1.54, 1.807) is 12.1 Å². The van der Waals surface area contributed by atoms with Crippen molar-refractivity contribution >= 4 is 5.69 Å². The predicted octanol–water partition coefficient (Wildman–Crippen LogP) is 3.03. The van der Waals surface area contributed by atoms with Gasteiger partial charge >= 0.3 is 0 Å². The highest BCUT2D eigenvalue weighted by molar-refractivity contribution is 5.50. The standard InChI is InChI=1S/C15H23FN2/c1-11(2)13-4-5-18(10-13)15-7-12(9-17-3)6-14(16)8-15/h6-8,11,13,17H,4-5,9-10H2,1-3H3. The lowest BCUT2D eigenvalue weighted by Gasteiger charge is -2.21. The minimum atomic E-state index is -0.134. The van der Waals surface area contributed by atoms with Gasteiger partial charge in [-0.3, -0.25) is 0 Å². The molecule has 0 saturated carbocycles. The number of anilines is 1. The molecule has 1 atom stereocenters. The molecular weight excluding hydrogens is 227 g/mol. The minimum absolute atomic E-state index is 0.134. The van der Waals surface area contributed by atoms with Crippen LogP contribution < -0.4 is 10.2 Å². The van der Waals surface area contributed by atoms with Crippen LogP contribution in [0.3, 0.4) is 0 Å². The molecule has 0 aromatic heterocycles. The van der Waals surface area contributed by atoms with Gasteiger partial charge in [-0.15, -0.1) is 0 Å². The van der Waals surface area contributed by atoms with Crippen LogP contribution in [0.1, 0.15) is 25.8 Å². The van der Waals surface area contributed by atoms with E-state index < -0.39 is 0 Å². The molecule has 1 saturated heterocycles. The second kappa shape index (κ2) is 5.70. The third kappa shape index (κ3) is 3.02. The predicted molar refractivity (Wildman–Crippen MR) is 74.3 cm³/mol. The summed E-state index contributed by atoms with van der Waals surface area (Å²) in [6.07, 6.45) is 1.22. The first-order chi connectivity index (χ1) is 8.60. The molecule has 3 heteroatoms. The number of nitrogens with zero attached hydrogens (tertiary/aromatic N) is 1. The van der Waals surface area contributed by atoms with E-state index in [0.717, 1.165) is 30.3 Å². The molecule has 1 fully saturated rings. The zero-order chi connectivity index (χ0) is 13.1. The summed E-state index contributed by atoms with van der Waals surface area (Å²) in [5.74, 6) is 1.31. The van der Waals surface area contributed by atoms with E-state index in [1.165, 1.54) is 6.42 Å². The first-order valence-corrected chi connectivity index (χ1v) is 6.79. The number of halogens is 1. The molecule has 0 spiro atoms. The molecule has 1 aliphatic rings. The fourth-order valence-corrected chi connectivity index (χ4v) is 2.69. The van der Waals surface area contributed by atoms with Gasteiger partial charge in [-0.25, -0.2) is 4.39 Å². The van der Waals surface area contributed by atoms with Gasteiger partial charge in [0.1, 0.15) is 5.82 Å². The Bertz CT molecular complexity index is 403. The highest BCUT2D eigenvalue weighted by Gasteiger charge is 2.25. The number of hydrogen-bond acceptors (Lipinski definition) is 2. The molecule has 0 amide bonds. The summed E-state index contributed by atoms with van der Waals surface area (Å²) in [7, 11) is 1.88. The highest BCUT2D eigenvalue weighted by atomic mass is 19.1. The lowest BCUT2D eigenvalue weighted by Crippen LogP contribution is -2.21. The Morgan fingerprint density at radius 2 is 2.17 bits per heavy atom. The minimum Gasteiger partial charge on any atom is -0.371 e. The van der Waals surface area contributed by atoms with Gasteiger partial charge in [-0.05, 0) is 49.1 Å². The number of nitrogens with one attached hydrogen (secondary N) is 1. The van der Waals surface area contributed by atoms with E-state index in [1.807, 2.05) is 7.05 Å². The number of benzene rings is 1. The lowest BCUT2D eigenvalue weighted by atomic mass is 9.95. The second-order valence-electron chi connectivity index (χ2n) is 5.59. The van der Waals surface area contributed by atoms with Crippen molar-refractivity contribution in [3.63, 3.8) is 0 Å². The molecule has 1 aromatic rings. The van der Waals surface area contributed by atoms with E-state index in [9.17, 15) is 4.39 Å². The Hall–Kier alpha value is -1.09. The molecule has 1 N–H and O–H groups in total. The van der Waals surface area contributed by atoms with Crippen molar-refractivity contribution in [2.45, 2.75) is 26.8 Å². The fraction of sp³-hybridized carbons (Fsp3) is 0.600. The second-order valence-corrected chi connectivity index (χ2v) is 5.59. The molecule has 1 heterocycles. The van der Waals surface area contributed by atoms with Crippen molar-refractivity contribution < 1.29 is 4.39 Å². The summed E-state index contributed by atoms with van der Waals surface area (Å²) in [5, 5.41) is 3.07. The Morgan fingerprint density at radius 3 is 2.78 bits per heavy atom. The Balaban J connectivity index is 2.13. The molecule has 100 valence electrons. The summed E-state index contributed by atoms with van der Waals surface area (Å²) in [5.41, 5.74) is 2.05. The normalized spacial score (nSPS) is 19.8. The number of hydrogen-bond donors (Lipinski definition) is 1. The third-order valence-electron chi connectivity index (χ3n) is 3.86. The molecule has 1 aromatic carbocycles. The van der Waals surface area contributed by atoms with Crippen molar-refractivity contribution in [1.29, 1.82) is 0 Å². The highest BCUT2D eigenvalue weighted by Crippen LogP contribution is 2.29. The molecule has 0 bridgehead atoms. The molecule has 1 aliphatic heterocycles. The lowest BCUT2D eigenvalue weighted by molar-refractivity contribution is 0.422. The molecule has 0 aliphatic carbocycles. The zero-order valence-corrected chi connectivity index (χ0v) is 11.5. The average molecular weight is 250 g/mol. The smallest absolute Gasteiger partial charge is 0.125 e. The SMILES string of the molecule is CNCc1cc(F)cc(N2CCC(C(C)C)C2)c1. The van der Waals surface area contributed by atoms with Crippen LogP contribution in [0.25, 0.3) is 0 Å². The van der Waals surface area contributed by atoms with Crippen LogP contribution in [0.5, 0.6) is 0 Å².